The quantitative estimate of drug-likeness (QED) is 0.227. The maximum Gasteiger partial charge on any atom is 0.355 e. The second-order valence-electron chi connectivity index (χ2n) is 10.2. The summed E-state index contributed by atoms with van der Waals surface area (Å²) in [4.78, 5) is 43.5. The predicted octanol–water partition coefficient (Wildman–Crippen LogP) is 5.42. The molecule has 214 valence electrons. The molecule has 0 bridgehead atoms. The Hall–Kier alpha value is -4.31. The molecule has 9 nitrogen and oxygen atoms in total. The van der Waals surface area contributed by atoms with Gasteiger partial charge in [-0.1, -0.05) is 45.2 Å². The zero-order chi connectivity index (χ0) is 30.2. The molecule has 1 fully saturated rings. The van der Waals surface area contributed by atoms with Gasteiger partial charge in [0.25, 0.3) is 0 Å². The summed E-state index contributed by atoms with van der Waals surface area (Å²) in [6.07, 6.45) is 4.00. The van der Waals surface area contributed by atoms with Crippen LogP contribution in [0.25, 0.3) is 22.3 Å². The largest absolute Gasteiger partial charge is 0.507 e. The summed E-state index contributed by atoms with van der Waals surface area (Å²) in [7, 11) is 0. The van der Waals surface area contributed by atoms with Crippen molar-refractivity contribution >= 4 is 39.9 Å². The molecule has 1 unspecified atom stereocenters. The molecular formula is C30H32ClFN6O3. The first-order valence-corrected chi connectivity index (χ1v) is 13.5. The topological polar surface area (TPSA) is 104 Å². The molecule has 0 saturated carbocycles. The molecular weight excluding hydrogens is 547 g/mol. The summed E-state index contributed by atoms with van der Waals surface area (Å²) in [5.74, 6) is -1.40. The highest BCUT2D eigenvalue weighted by Crippen LogP contribution is 2.36. The number of anilines is 1. The summed E-state index contributed by atoms with van der Waals surface area (Å²) < 4.78 is 16.0. The van der Waals surface area contributed by atoms with E-state index < -0.39 is 17.3 Å². The first-order chi connectivity index (χ1) is 19.4. The van der Waals surface area contributed by atoms with Crippen molar-refractivity contribution in [3.63, 3.8) is 0 Å². The number of piperazine rings is 1. The molecule has 0 aromatic carbocycles. The molecule has 0 radical (unpaired) electrons. The number of hydrogen-bond acceptors (Lipinski definition) is 7. The van der Waals surface area contributed by atoms with Crippen LogP contribution in [0.2, 0.25) is 5.02 Å². The molecule has 1 atom stereocenters. The summed E-state index contributed by atoms with van der Waals surface area (Å²) >= 11 is 6.67. The molecule has 1 aliphatic heterocycles. The average Bonchev–Trinajstić information content (AvgIpc) is 2.93. The number of aromatic nitrogens is 4. The van der Waals surface area contributed by atoms with E-state index in [1.807, 2.05) is 32.6 Å². The molecule has 0 aliphatic carbocycles. The van der Waals surface area contributed by atoms with Crippen LogP contribution in [0.1, 0.15) is 43.6 Å². The summed E-state index contributed by atoms with van der Waals surface area (Å²) in [6.45, 7) is 19.3. The number of aliphatic hydroxyl groups excluding tert-OH is 1. The van der Waals surface area contributed by atoms with Gasteiger partial charge in [-0.2, -0.15) is 4.98 Å². The summed E-state index contributed by atoms with van der Waals surface area (Å²) in [6, 6.07) is 3.11. The van der Waals surface area contributed by atoms with E-state index in [0.29, 0.717) is 42.2 Å². The van der Waals surface area contributed by atoms with E-state index in [4.69, 9.17) is 11.6 Å². The van der Waals surface area contributed by atoms with Gasteiger partial charge in [-0.25, -0.2) is 18.7 Å². The molecule has 41 heavy (non-hydrogen) atoms. The number of carbonyl (C=O) groups excluding carboxylic acids is 1. The molecule has 0 spiro atoms. The number of halogens is 2. The second kappa shape index (κ2) is 11.7. The average molecular weight is 579 g/mol. The molecule has 1 amide bonds. The third kappa shape index (κ3) is 5.39. The van der Waals surface area contributed by atoms with E-state index in [-0.39, 0.29) is 39.8 Å². The Bertz CT molecular complexity index is 1680. The number of amides is 1. The number of rotatable bonds is 7. The molecule has 1 saturated heterocycles. The minimum absolute atomic E-state index is 0.00747. The van der Waals surface area contributed by atoms with Gasteiger partial charge in [0, 0.05) is 31.9 Å². The molecule has 4 heterocycles. The van der Waals surface area contributed by atoms with Crippen molar-refractivity contribution < 1.29 is 14.3 Å². The Kier molecular flexibility index (Phi) is 8.44. The van der Waals surface area contributed by atoms with E-state index in [1.54, 1.807) is 23.2 Å². The number of carbonyl (C=O) groups is 1. The van der Waals surface area contributed by atoms with Gasteiger partial charge in [-0.05, 0) is 49.6 Å². The highest BCUT2D eigenvalue weighted by molar-refractivity contribution is 6.33. The van der Waals surface area contributed by atoms with Gasteiger partial charge in [0.2, 0.25) is 5.91 Å². The number of allylic oxidation sites excluding steroid dienone is 3. The fourth-order valence-electron chi connectivity index (χ4n) is 5.08. The van der Waals surface area contributed by atoms with Gasteiger partial charge >= 0.3 is 5.69 Å². The molecule has 11 heteroatoms. The van der Waals surface area contributed by atoms with Crippen molar-refractivity contribution in [2.45, 2.75) is 39.7 Å². The van der Waals surface area contributed by atoms with Crippen LogP contribution < -0.4 is 10.6 Å². The van der Waals surface area contributed by atoms with Crippen LogP contribution in [-0.2, 0) is 4.79 Å². The van der Waals surface area contributed by atoms with Gasteiger partial charge in [0.1, 0.15) is 17.4 Å². The van der Waals surface area contributed by atoms with Gasteiger partial charge in [0.15, 0.2) is 5.65 Å². The first-order valence-electron chi connectivity index (χ1n) is 13.1. The van der Waals surface area contributed by atoms with E-state index in [9.17, 15) is 19.1 Å². The summed E-state index contributed by atoms with van der Waals surface area (Å²) in [5, 5.41) is 10.9. The highest BCUT2D eigenvalue weighted by Gasteiger charge is 2.31. The van der Waals surface area contributed by atoms with Crippen LogP contribution in [0.4, 0.5) is 10.2 Å². The molecule has 1 aliphatic rings. The number of fused-ring (bicyclic) bond motifs is 1. The number of hydrogen-bond donors (Lipinski definition) is 1. The Labute approximate surface area is 242 Å². The Balaban J connectivity index is 2.10. The standard InChI is InChI=1S/C30H32ClFN6O3/c1-8-22(39)24(19(7)32)26-21(31)14-20-28(37-13-12-36(15-18(37)6)23(40)9-2)35-30(41)38(29(20)34-26)27-17(5)10-11-33-25(27)16(3)4/h8-11,14,16,18,39H,1-2,7,12-13,15H2,3-6H3/b24-22-. The van der Waals surface area contributed by atoms with Crippen molar-refractivity contribution in [3.8, 4) is 5.69 Å². The van der Waals surface area contributed by atoms with Crippen LogP contribution in [0.15, 0.2) is 66.6 Å². The van der Waals surface area contributed by atoms with Gasteiger partial charge < -0.3 is 14.9 Å². The lowest BCUT2D eigenvalue weighted by Crippen LogP contribution is -2.54. The van der Waals surface area contributed by atoms with Crippen LogP contribution >= 0.6 is 11.6 Å². The van der Waals surface area contributed by atoms with E-state index in [2.05, 4.69) is 34.7 Å². The Morgan fingerprint density at radius 1 is 1.24 bits per heavy atom. The SMILES string of the molecule is C=CC(=O)N1CCN(c2nc(=O)n(-c3c(C)ccnc3C(C)C)c3nc(/C(C(=C)F)=C(\O)C=C)c(Cl)cc23)C(C)C1. The number of aliphatic hydroxyl groups is 1. The van der Waals surface area contributed by atoms with Gasteiger partial charge in [-0.15, -0.1) is 0 Å². The lowest BCUT2D eigenvalue weighted by Gasteiger charge is -2.40. The maximum atomic E-state index is 14.7. The third-order valence-corrected chi connectivity index (χ3v) is 7.36. The number of pyridine rings is 2. The summed E-state index contributed by atoms with van der Waals surface area (Å²) in [5.41, 5.74) is 0.961. The highest BCUT2D eigenvalue weighted by atomic mass is 35.5. The van der Waals surface area contributed by atoms with E-state index in [0.717, 1.165) is 11.6 Å². The number of aryl methyl sites for hydroxylation is 1. The van der Waals surface area contributed by atoms with E-state index in [1.165, 1.54) is 10.6 Å². The fourth-order valence-corrected chi connectivity index (χ4v) is 5.32. The third-order valence-electron chi connectivity index (χ3n) is 7.07. The zero-order valence-electron chi connectivity index (χ0n) is 23.5. The fraction of sp³-hybridized carbons (Fsp3) is 0.300. The van der Waals surface area contributed by atoms with Crippen LogP contribution in [0, 0.1) is 6.92 Å². The predicted molar refractivity (Wildman–Crippen MR) is 160 cm³/mol. The zero-order valence-corrected chi connectivity index (χ0v) is 24.2. The number of nitrogens with zero attached hydrogens (tertiary/aromatic N) is 6. The second-order valence-corrected chi connectivity index (χ2v) is 10.6. The van der Waals surface area contributed by atoms with Crippen LogP contribution in [-0.4, -0.2) is 61.1 Å². The van der Waals surface area contributed by atoms with Crippen LogP contribution in [0.5, 0.6) is 0 Å². The monoisotopic (exact) mass is 578 g/mol. The molecule has 1 N–H and O–H groups in total. The maximum absolute atomic E-state index is 14.7. The van der Waals surface area contributed by atoms with E-state index >= 15 is 0 Å². The first kappa shape index (κ1) is 29.7. The lowest BCUT2D eigenvalue weighted by molar-refractivity contribution is -0.126. The Morgan fingerprint density at radius 3 is 2.54 bits per heavy atom. The Morgan fingerprint density at radius 2 is 1.95 bits per heavy atom. The normalized spacial score (nSPS) is 16.1. The minimum atomic E-state index is -0.976. The molecule has 3 aromatic rings. The lowest BCUT2D eigenvalue weighted by atomic mass is 10.0. The molecule has 4 rings (SSSR count). The smallest absolute Gasteiger partial charge is 0.355 e. The van der Waals surface area contributed by atoms with Crippen molar-refractivity contribution in [2.75, 3.05) is 24.5 Å². The molecule has 3 aromatic heterocycles. The minimum Gasteiger partial charge on any atom is -0.507 e. The van der Waals surface area contributed by atoms with Crippen molar-refractivity contribution in [1.29, 1.82) is 0 Å². The van der Waals surface area contributed by atoms with Crippen molar-refractivity contribution in [2.24, 2.45) is 0 Å². The van der Waals surface area contributed by atoms with Crippen molar-refractivity contribution in [3.05, 3.63) is 94.3 Å². The van der Waals surface area contributed by atoms with Gasteiger partial charge in [0.05, 0.1) is 33.1 Å². The van der Waals surface area contributed by atoms with Crippen LogP contribution in [0.3, 0.4) is 0 Å². The van der Waals surface area contributed by atoms with Gasteiger partial charge in [-0.3, -0.25) is 9.78 Å². The van der Waals surface area contributed by atoms with Crippen molar-refractivity contribution in [1.82, 2.24) is 24.4 Å².